The highest BCUT2D eigenvalue weighted by atomic mass is 16.5. The van der Waals surface area contributed by atoms with Gasteiger partial charge in [0.15, 0.2) is 17.3 Å². The number of carbonyl (C=O) groups excluding carboxylic acids is 1. The van der Waals surface area contributed by atoms with E-state index in [1.165, 1.54) is 6.08 Å². The van der Waals surface area contributed by atoms with Gasteiger partial charge in [0.25, 0.3) is 0 Å². The molecule has 6 heteroatoms. The molecule has 0 heterocycles. The number of rotatable bonds is 10. The first-order valence-electron chi connectivity index (χ1n) is 10.3. The summed E-state index contributed by atoms with van der Waals surface area (Å²) in [6.07, 6.45) is 7.05. The fraction of sp³-hybridized carbons (Fsp3) is 0.148. The highest BCUT2D eigenvalue weighted by Gasteiger charge is 2.12. The first-order chi connectivity index (χ1) is 16.1. The summed E-state index contributed by atoms with van der Waals surface area (Å²) in [5, 5.41) is 3.19. The Morgan fingerprint density at radius 1 is 0.788 bits per heavy atom. The largest absolute Gasteiger partial charge is 0.497 e. The highest BCUT2D eigenvalue weighted by Crippen LogP contribution is 2.38. The van der Waals surface area contributed by atoms with Gasteiger partial charge in [-0.1, -0.05) is 42.5 Å². The summed E-state index contributed by atoms with van der Waals surface area (Å²) in [4.78, 5) is 12.4. The Labute approximate surface area is 194 Å². The Balaban J connectivity index is 1.77. The molecular formula is C27H27NO5. The standard InChI is InChI=1S/C27H27NO5/c1-30-22-10-7-9-21(18-22)24(29)14-15-28-23-11-6-5-8-20(23)13-12-19-16-25(31-2)27(33-4)26(17-19)32-3/h5-18,28H,1-4H3. The average molecular weight is 446 g/mol. The van der Waals surface area contributed by atoms with E-state index in [0.29, 0.717) is 28.6 Å². The summed E-state index contributed by atoms with van der Waals surface area (Å²) >= 11 is 0. The number of benzene rings is 3. The molecule has 0 saturated carbocycles. The van der Waals surface area contributed by atoms with E-state index in [4.69, 9.17) is 18.9 Å². The molecule has 0 aromatic heterocycles. The Morgan fingerprint density at radius 3 is 2.18 bits per heavy atom. The predicted molar refractivity (Wildman–Crippen MR) is 132 cm³/mol. The molecule has 0 radical (unpaired) electrons. The van der Waals surface area contributed by atoms with Crippen LogP contribution in [0.1, 0.15) is 21.5 Å². The zero-order valence-corrected chi connectivity index (χ0v) is 19.1. The molecule has 0 atom stereocenters. The van der Waals surface area contributed by atoms with Crippen molar-refractivity contribution in [2.45, 2.75) is 0 Å². The topological polar surface area (TPSA) is 66.0 Å². The van der Waals surface area contributed by atoms with Gasteiger partial charge in [-0.2, -0.15) is 0 Å². The highest BCUT2D eigenvalue weighted by molar-refractivity contribution is 6.04. The van der Waals surface area contributed by atoms with Crippen LogP contribution in [0.5, 0.6) is 23.0 Å². The molecule has 0 amide bonds. The van der Waals surface area contributed by atoms with Gasteiger partial charge < -0.3 is 24.3 Å². The maximum absolute atomic E-state index is 12.4. The first kappa shape index (κ1) is 23.5. The molecule has 0 unspecified atom stereocenters. The van der Waals surface area contributed by atoms with Crippen molar-refractivity contribution >= 4 is 23.6 Å². The lowest BCUT2D eigenvalue weighted by Gasteiger charge is -2.13. The first-order valence-corrected chi connectivity index (χ1v) is 10.3. The average Bonchev–Trinajstić information content (AvgIpc) is 2.87. The lowest BCUT2D eigenvalue weighted by atomic mass is 10.1. The van der Waals surface area contributed by atoms with E-state index in [-0.39, 0.29) is 5.78 Å². The minimum Gasteiger partial charge on any atom is -0.497 e. The van der Waals surface area contributed by atoms with Gasteiger partial charge in [0.2, 0.25) is 5.75 Å². The molecule has 3 rings (SSSR count). The fourth-order valence-corrected chi connectivity index (χ4v) is 3.24. The molecule has 170 valence electrons. The number of methoxy groups -OCH3 is 4. The Morgan fingerprint density at radius 2 is 1.52 bits per heavy atom. The van der Waals surface area contributed by atoms with Gasteiger partial charge in [0, 0.05) is 23.5 Å². The molecule has 33 heavy (non-hydrogen) atoms. The molecule has 3 aromatic rings. The van der Waals surface area contributed by atoms with E-state index in [1.807, 2.05) is 48.6 Å². The van der Waals surface area contributed by atoms with Crippen molar-refractivity contribution in [3.8, 4) is 23.0 Å². The van der Waals surface area contributed by atoms with Gasteiger partial charge in [-0.25, -0.2) is 0 Å². The predicted octanol–water partition coefficient (Wildman–Crippen LogP) is 5.70. The van der Waals surface area contributed by atoms with Crippen LogP contribution in [0.2, 0.25) is 0 Å². The molecule has 0 aliphatic carbocycles. The lowest BCUT2D eigenvalue weighted by molar-refractivity contribution is 0.104. The van der Waals surface area contributed by atoms with Crippen LogP contribution in [0.15, 0.2) is 72.9 Å². The van der Waals surface area contributed by atoms with Gasteiger partial charge in [0.1, 0.15) is 5.75 Å². The van der Waals surface area contributed by atoms with Crippen LogP contribution in [0.3, 0.4) is 0 Å². The molecule has 3 aromatic carbocycles. The van der Waals surface area contributed by atoms with Crippen molar-refractivity contribution in [2.24, 2.45) is 0 Å². The second kappa shape index (κ2) is 11.4. The normalized spacial score (nSPS) is 10.9. The zero-order chi connectivity index (χ0) is 23.6. The van der Waals surface area contributed by atoms with Crippen LogP contribution in [0.25, 0.3) is 12.2 Å². The minimum atomic E-state index is -0.119. The van der Waals surface area contributed by atoms with Crippen LogP contribution in [0, 0.1) is 0 Å². The van der Waals surface area contributed by atoms with Crippen molar-refractivity contribution in [3.63, 3.8) is 0 Å². The number of carbonyl (C=O) groups is 1. The molecule has 0 saturated heterocycles. The number of anilines is 1. The summed E-state index contributed by atoms with van der Waals surface area (Å²) in [5.41, 5.74) is 3.26. The number of para-hydroxylation sites is 1. The van der Waals surface area contributed by atoms with E-state index >= 15 is 0 Å². The number of hydrogen-bond acceptors (Lipinski definition) is 6. The smallest absolute Gasteiger partial charge is 0.203 e. The minimum absolute atomic E-state index is 0.119. The van der Waals surface area contributed by atoms with Crippen molar-refractivity contribution in [3.05, 3.63) is 89.6 Å². The zero-order valence-electron chi connectivity index (χ0n) is 19.1. The van der Waals surface area contributed by atoms with E-state index < -0.39 is 0 Å². The molecular weight excluding hydrogens is 418 g/mol. The van der Waals surface area contributed by atoms with Crippen molar-refractivity contribution in [1.29, 1.82) is 0 Å². The quantitative estimate of drug-likeness (QED) is 0.245. The molecule has 0 aliphatic heterocycles. The second-order valence-electron chi connectivity index (χ2n) is 6.95. The van der Waals surface area contributed by atoms with Crippen LogP contribution in [0.4, 0.5) is 5.69 Å². The van der Waals surface area contributed by atoms with Crippen molar-refractivity contribution in [2.75, 3.05) is 33.8 Å². The summed E-state index contributed by atoms with van der Waals surface area (Å²) in [6, 6.07) is 18.6. The Kier molecular flexibility index (Phi) is 8.13. The fourth-order valence-electron chi connectivity index (χ4n) is 3.24. The Bertz CT molecular complexity index is 1140. The molecule has 1 N–H and O–H groups in total. The number of allylic oxidation sites excluding steroid dienone is 1. The van der Waals surface area contributed by atoms with E-state index in [0.717, 1.165) is 16.8 Å². The van der Waals surface area contributed by atoms with Gasteiger partial charge in [-0.05, 0) is 41.5 Å². The number of nitrogens with one attached hydrogen (secondary N) is 1. The SMILES string of the molecule is COc1cccc(C(=O)C=CNc2ccccc2C=Cc2cc(OC)c(OC)c(OC)c2)c1. The van der Waals surface area contributed by atoms with Crippen LogP contribution in [-0.4, -0.2) is 34.2 Å². The molecule has 0 spiro atoms. The third-order valence-electron chi connectivity index (χ3n) is 4.93. The van der Waals surface area contributed by atoms with Crippen molar-refractivity contribution < 1.29 is 23.7 Å². The Hall–Kier alpha value is -4.19. The number of ketones is 1. The number of hydrogen-bond donors (Lipinski definition) is 1. The summed E-state index contributed by atoms with van der Waals surface area (Å²) < 4.78 is 21.4. The molecule has 0 bridgehead atoms. The van der Waals surface area contributed by atoms with Gasteiger partial charge in [-0.15, -0.1) is 0 Å². The molecule has 0 aliphatic rings. The van der Waals surface area contributed by atoms with E-state index in [9.17, 15) is 4.79 Å². The lowest BCUT2D eigenvalue weighted by Crippen LogP contribution is -1.97. The molecule has 6 nitrogen and oxygen atoms in total. The third-order valence-corrected chi connectivity index (χ3v) is 4.93. The summed E-state index contributed by atoms with van der Waals surface area (Å²) in [5.74, 6) is 2.24. The second-order valence-corrected chi connectivity index (χ2v) is 6.95. The summed E-state index contributed by atoms with van der Waals surface area (Å²) in [6.45, 7) is 0. The van der Waals surface area contributed by atoms with E-state index in [2.05, 4.69) is 5.32 Å². The van der Waals surface area contributed by atoms with Crippen molar-refractivity contribution in [1.82, 2.24) is 0 Å². The van der Waals surface area contributed by atoms with E-state index in [1.54, 1.807) is 58.9 Å². The monoisotopic (exact) mass is 445 g/mol. The van der Waals surface area contributed by atoms with Crippen LogP contribution < -0.4 is 24.3 Å². The van der Waals surface area contributed by atoms with Crippen LogP contribution >= 0.6 is 0 Å². The maximum Gasteiger partial charge on any atom is 0.203 e. The van der Waals surface area contributed by atoms with Gasteiger partial charge in [-0.3, -0.25) is 4.79 Å². The van der Waals surface area contributed by atoms with Gasteiger partial charge >= 0.3 is 0 Å². The maximum atomic E-state index is 12.4. The number of ether oxygens (including phenoxy) is 4. The molecule has 0 fully saturated rings. The van der Waals surface area contributed by atoms with Crippen LogP contribution in [-0.2, 0) is 0 Å². The summed E-state index contributed by atoms with van der Waals surface area (Å²) in [7, 11) is 6.32. The third kappa shape index (κ3) is 5.95. The van der Waals surface area contributed by atoms with Gasteiger partial charge in [0.05, 0.1) is 28.4 Å².